The molecule has 0 amide bonds. The Kier molecular flexibility index (Phi) is 4.11. The van der Waals surface area contributed by atoms with Gasteiger partial charge in [0.05, 0.1) is 25.0 Å². The highest BCUT2D eigenvalue weighted by Crippen LogP contribution is 2.22. The van der Waals surface area contributed by atoms with Crippen molar-refractivity contribution < 1.29 is 14.2 Å². The smallest absolute Gasteiger partial charge is 0.147 e. The number of anilines is 1. The Morgan fingerprint density at radius 3 is 3.00 bits per heavy atom. The molecule has 6 heteroatoms. The third-order valence-electron chi connectivity index (χ3n) is 2.92. The fourth-order valence-electron chi connectivity index (χ4n) is 1.97. The number of hydrogen-bond acceptors (Lipinski definition) is 4. The molecule has 0 saturated carbocycles. The maximum atomic E-state index is 14.0. The number of nitrogens with zero attached hydrogens (tertiary/aromatic N) is 1. The van der Waals surface area contributed by atoms with Gasteiger partial charge in [-0.25, -0.2) is 4.39 Å². The molecule has 1 aliphatic rings. The van der Waals surface area contributed by atoms with Gasteiger partial charge >= 0.3 is 0 Å². The van der Waals surface area contributed by atoms with Crippen LogP contribution in [0.3, 0.4) is 0 Å². The van der Waals surface area contributed by atoms with Gasteiger partial charge in [0.15, 0.2) is 0 Å². The Bertz CT molecular complexity index is 456. The standard InChI is InChI=1S/C12H15FN2O2S/c13-10-5-8(12(14)18)1-2-11(10)15-3-4-17-9(6-15)7-16/h1-2,5,9,16H,3-4,6-7H2,(H2,14,18). The van der Waals surface area contributed by atoms with E-state index in [1.165, 1.54) is 6.07 Å². The minimum Gasteiger partial charge on any atom is -0.394 e. The molecule has 1 aromatic rings. The Balaban J connectivity index is 2.20. The number of halogens is 1. The predicted molar refractivity (Wildman–Crippen MR) is 71.3 cm³/mol. The Morgan fingerprint density at radius 2 is 2.39 bits per heavy atom. The average Bonchev–Trinajstić information content (AvgIpc) is 2.38. The topological polar surface area (TPSA) is 58.7 Å². The Labute approximate surface area is 110 Å². The van der Waals surface area contributed by atoms with Crippen LogP contribution < -0.4 is 10.6 Å². The summed E-state index contributed by atoms with van der Waals surface area (Å²) in [7, 11) is 0. The van der Waals surface area contributed by atoms with Gasteiger partial charge in [-0.15, -0.1) is 0 Å². The number of thiocarbonyl (C=S) groups is 1. The van der Waals surface area contributed by atoms with E-state index in [4.69, 9.17) is 27.8 Å². The molecule has 1 aromatic carbocycles. The van der Waals surface area contributed by atoms with Crippen LogP contribution in [0.1, 0.15) is 5.56 Å². The predicted octanol–water partition coefficient (Wildman–Crippen LogP) is 0.657. The summed E-state index contributed by atoms with van der Waals surface area (Å²) in [5.74, 6) is -0.362. The molecule has 98 valence electrons. The van der Waals surface area contributed by atoms with E-state index in [1.54, 1.807) is 12.1 Å². The first kappa shape index (κ1) is 13.2. The minimum absolute atomic E-state index is 0.0664. The van der Waals surface area contributed by atoms with Crippen LogP contribution in [0.15, 0.2) is 18.2 Å². The van der Waals surface area contributed by atoms with Gasteiger partial charge in [0.1, 0.15) is 10.8 Å². The number of aliphatic hydroxyl groups is 1. The third-order valence-corrected chi connectivity index (χ3v) is 3.15. The average molecular weight is 270 g/mol. The SMILES string of the molecule is NC(=S)c1ccc(N2CCOC(CO)C2)c(F)c1. The number of aliphatic hydroxyl groups excluding tert-OH is 1. The normalized spacial score (nSPS) is 19.9. The van der Waals surface area contributed by atoms with Gasteiger partial charge in [0, 0.05) is 18.7 Å². The molecule has 4 nitrogen and oxygen atoms in total. The van der Waals surface area contributed by atoms with Gasteiger partial charge in [0.25, 0.3) is 0 Å². The lowest BCUT2D eigenvalue weighted by atomic mass is 10.1. The van der Waals surface area contributed by atoms with E-state index < -0.39 is 0 Å². The van der Waals surface area contributed by atoms with Crippen LogP contribution in [0.2, 0.25) is 0 Å². The molecule has 1 aliphatic heterocycles. The number of nitrogens with two attached hydrogens (primary N) is 1. The molecule has 2 rings (SSSR count). The zero-order valence-electron chi connectivity index (χ0n) is 9.80. The van der Waals surface area contributed by atoms with Crippen LogP contribution in [0, 0.1) is 5.82 Å². The molecule has 0 spiro atoms. The highest BCUT2D eigenvalue weighted by molar-refractivity contribution is 7.80. The molecule has 1 fully saturated rings. The number of hydrogen-bond donors (Lipinski definition) is 2. The molecule has 1 saturated heterocycles. The monoisotopic (exact) mass is 270 g/mol. The first-order valence-electron chi connectivity index (χ1n) is 5.68. The fourth-order valence-corrected chi connectivity index (χ4v) is 2.09. The molecule has 0 aromatic heterocycles. The molecule has 0 bridgehead atoms. The second-order valence-corrected chi connectivity index (χ2v) is 4.59. The largest absolute Gasteiger partial charge is 0.394 e. The van der Waals surface area contributed by atoms with Crippen molar-refractivity contribution in [3.63, 3.8) is 0 Å². The van der Waals surface area contributed by atoms with E-state index in [-0.39, 0.29) is 23.5 Å². The van der Waals surface area contributed by atoms with Crippen LogP contribution >= 0.6 is 12.2 Å². The van der Waals surface area contributed by atoms with Crippen molar-refractivity contribution in [2.75, 3.05) is 31.2 Å². The first-order chi connectivity index (χ1) is 8.61. The summed E-state index contributed by atoms with van der Waals surface area (Å²) in [5, 5.41) is 9.06. The number of ether oxygens (including phenoxy) is 1. The van der Waals surface area contributed by atoms with Crippen molar-refractivity contribution >= 4 is 22.9 Å². The summed E-state index contributed by atoms with van der Waals surface area (Å²) >= 11 is 4.80. The number of morpholine rings is 1. The molecule has 18 heavy (non-hydrogen) atoms. The summed E-state index contributed by atoms with van der Waals surface area (Å²) in [6.45, 7) is 1.48. The molecule has 0 radical (unpaired) electrons. The van der Waals surface area contributed by atoms with Crippen molar-refractivity contribution in [1.29, 1.82) is 0 Å². The number of rotatable bonds is 3. The Morgan fingerprint density at radius 1 is 1.61 bits per heavy atom. The minimum atomic E-state index is -0.362. The van der Waals surface area contributed by atoms with E-state index in [9.17, 15) is 4.39 Å². The van der Waals surface area contributed by atoms with Crippen molar-refractivity contribution in [3.05, 3.63) is 29.6 Å². The van der Waals surface area contributed by atoms with Crippen molar-refractivity contribution in [2.24, 2.45) is 5.73 Å². The zero-order chi connectivity index (χ0) is 13.1. The van der Waals surface area contributed by atoms with E-state index >= 15 is 0 Å². The van der Waals surface area contributed by atoms with Crippen LogP contribution in [-0.4, -0.2) is 42.5 Å². The maximum absolute atomic E-state index is 14.0. The second kappa shape index (κ2) is 5.60. The van der Waals surface area contributed by atoms with Gasteiger partial charge in [-0.2, -0.15) is 0 Å². The fraction of sp³-hybridized carbons (Fsp3) is 0.417. The second-order valence-electron chi connectivity index (χ2n) is 4.15. The molecule has 1 heterocycles. The third kappa shape index (κ3) is 2.77. The van der Waals surface area contributed by atoms with E-state index in [0.29, 0.717) is 30.9 Å². The summed E-state index contributed by atoms with van der Waals surface area (Å²) in [5.41, 5.74) is 6.45. The lowest BCUT2D eigenvalue weighted by molar-refractivity contribution is 0.00341. The van der Waals surface area contributed by atoms with E-state index in [1.807, 2.05) is 4.90 Å². The van der Waals surface area contributed by atoms with Crippen molar-refractivity contribution in [3.8, 4) is 0 Å². The molecule has 1 atom stereocenters. The summed E-state index contributed by atoms with van der Waals surface area (Å²) in [6, 6.07) is 4.69. The van der Waals surface area contributed by atoms with E-state index in [2.05, 4.69) is 0 Å². The van der Waals surface area contributed by atoms with Crippen LogP contribution in [-0.2, 0) is 4.74 Å². The maximum Gasteiger partial charge on any atom is 0.147 e. The first-order valence-corrected chi connectivity index (χ1v) is 6.09. The highest BCUT2D eigenvalue weighted by atomic mass is 32.1. The van der Waals surface area contributed by atoms with Crippen LogP contribution in [0.25, 0.3) is 0 Å². The van der Waals surface area contributed by atoms with E-state index in [0.717, 1.165) is 0 Å². The van der Waals surface area contributed by atoms with Gasteiger partial charge < -0.3 is 20.5 Å². The molecular formula is C12H15FN2O2S. The lowest BCUT2D eigenvalue weighted by Crippen LogP contribution is -2.44. The van der Waals surface area contributed by atoms with Gasteiger partial charge in [0.2, 0.25) is 0 Å². The number of benzene rings is 1. The van der Waals surface area contributed by atoms with Crippen molar-refractivity contribution in [1.82, 2.24) is 0 Å². The molecule has 3 N–H and O–H groups in total. The quantitative estimate of drug-likeness (QED) is 0.790. The summed E-state index contributed by atoms with van der Waals surface area (Å²) in [4.78, 5) is 2.03. The molecule has 1 unspecified atom stereocenters. The van der Waals surface area contributed by atoms with Gasteiger partial charge in [-0.1, -0.05) is 12.2 Å². The summed E-state index contributed by atoms with van der Waals surface area (Å²) in [6.07, 6.45) is -0.270. The Hall–Kier alpha value is -1.24. The van der Waals surface area contributed by atoms with Crippen LogP contribution in [0.4, 0.5) is 10.1 Å². The van der Waals surface area contributed by atoms with Crippen molar-refractivity contribution in [2.45, 2.75) is 6.10 Å². The molecular weight excluding hydrogens is 255 g/mol. The molecule has 0 aliphatic carbocycles. The van der Waals surface area contributed by atoms with Gasteiger partial charge in [-0.3, -0.25) is 0 Å². The zero-order valence-corrected chi connectivity index (χ0v) is 10.6. The summed E-state index contributed by atoms with van der Waals surface area (Å²) < 4.78 is 19.3. The van der Waals surface area contributed by atoms with Gasteiger partial charge in [-0.05, 0) is 18.2 Å². The lowest BCUT2D eigenvalue weighted by Gasteiger charge is -2.33. The highest BCUT2D eigenvalue weighted by Gasteiger charge is 2.22. The van der Waals surface area contributed by atoms with Crippen LogP contribution in [0.5, 0.6) is 0 Å².